The molecule has 0 fully saturated rings. The van der Waals surface area contributed by atoms with Crippen LogP contribution in [-0.2, 0) is 0 Å². The molecule has 0 aliphatic rings. The minimum atomic E-state index is -1.05. The maximum atomic E-state index is 11.4. The number of hydrogen-bond acceptors (Lipinski definition) is 1. The van der Waals surface area contributed by atoms with E-state index in [1.807, 2.05) is 36.4 Å². The molecule has 0 aliphatic heterocycles. The van der Waals surface area contributed by atoms with Gasteiger partial charge in [0.05, 0.1) is 0 Å². The van der Waals surface area contributed by atoms with Crippen molar-refractivity contribution in [2.45, 2.75) is 4.95 Å². The molecule has 2 rings (SSSR count). The quantitative estimate of drug-likeness (QED) is 0.644. The van der Waals surface area contributed by atoms with Gasteiger partial charge in [-0.25, -0.2) is 4.79 Å². The third-order valence-corrected chi connectivity index (χ3v) is 3.56. The second-order valence-electron chi connectivity index (χ2n) is 3.88. The number of anilines is 1. The van der Waals surface area contributed by atoms with Crippen LogP contribution in [0.2, 0.25) is 0 Å². The predicted molar refractivity (Wildman–Crippen MR) is 82.2 cm³/mol. The molecule has 0 bridgehead atoms. The van der Waals surface area contributed by atoms with E-state index >= 15 is 0 Å². The monoisotopic (exact) mass is 339 g/mol. The largest absolute Gasteiger partial charge is 0.465 e. The maximum absolute atomic E-state index is 11.4. The first kappa shape index (κ1) is 13.9. The van der Waals surface area contributed by atoms with Gasteiger partial charge in [0.2, 0.25) is 0 Å². The van der Waals surface area contributed by atoms with Crippen LogP contribution in [0.4, 0.5) is 10.5 Å². The van der Waals surface area contributed by atoms with Gasteiger partial charge in [-0.1, -0.05) is 57.9 Å². The standard InChI is InChI=1S/C14H11BrClNO2/c15-13(7-8-16)17(14(18)19)12-6-5-10-3-1-2-4-11(10)9-12/h1-9,13H,(H,18,19). The van der Waals surface area contributed by atoms with Crippen LogP contribution in [0.5, 0.6) is 0 Å². The van der Waals surface area contributed by atoms with Gasteiger partial charge in [-0.15, -0.1) is 0 Å². The maximum Gasteiger partial charge on any atom is 0.413 e. The van der Waals surface area contributed by atoms with Crippen LogP contribution in [-0.4, -0.2) is 16.2 Å². The second-order valence-corrected chi connectivity index (χ2v) is 5.07. The van der Waals surface area contributed by atoms with Gasteiger partial charge < -0.3 is 5.11 Å². The highest BCUT2D eigenvalue weighted by Gasteiger charge is 2.20. The van der Waals surface area contributed by atoms with E-state index in [-0.39, 0.29) is 0 Å². The van der Waals surface area contributed by atoms with Crippen molar-refractivity contribution in [1.82, 2.24) is 0 Å². The second kappa shape index (κ2) is 6.08. The fourth-order valence-corrected chi connectivity index (χ4v) is 2.71. The first-order valence-corrected chi connectivity index (χ1v) is 6.90. The van der Waals surface area contributed by atoms with E-state index in [1.54, 1.807) is 12.1 Å². The van der Waals surface area contributed by atoms with Crippen molar-refractivity contribution in [2.75, 3.05) is 4.90 Å². The van der Waals surface area contributed by atoms with Crippen LogP contribution < -0.4 is 4.90 Å². The number of alkyl halides is 1. The van der Waals surface area contributed by atoms with Crippen molar-refractivity contribution in [2.24, 2.45) is 0 Å². The molecule has 3 nitrogen and oxygen atoms in total. The Morgan fingerprint density at radius 3 is 2.58 bits per heavy atom. The molecular weight excluding hydrogens is 330 g/mol. The molecule has 0 spiro atoms. The third-order valence-electron chi connectivity index (χ3n) is 2.70. The fraction of sp³-hybridized carbons (Fsp3) is 0.0714. The number of rotatable bonds is 3. The zero-order valence-electron chi connectivity index (χ0n) is 9.83. The topological polar surface area (TPSA) is 40.5 Å². The van der Waals surface area contributed by atoms with Crippen molar-refractivity contribution >= 4 is 50.1 Å². The molecular formula is C14H11BrClNO2. The molecule has 0 aliphatic carbocycles. The Bertz CT molecular complexity index is 630. The highest BCUT2D eigenvalue weighted by Crippen LogP contribution is 2.26. The molecule has 2 aromatic carbocycles. The number of hydrogen-bond donors (Lipinski definition) is 1. The molecule has 0 aromatic heterocycles. The van der Waals surface area contributed by atoms with E-state index in [1.165, 1.54) is 10.4 Å². The molecule has 19 heavy (non-hydrogen) atoms. The van der Waals surface area contributed by atoms with Crippen molar-refractivity contribution in [3.8, 4) is 0 Å². The van der Waals surface area contributed by atoms with Crippen molar-refractivity contribution in [3.63, 3.8) is 0 Å². The van der Waals surface area contributed by atoms with Crippen molar-refractivity contribution in [3.05, 3.63) is 54.1 Å². The van der Waals surface area contributed by atoms with E-state index in [4.69, 9.17) is 11.6 Å². The highest BCUT2D eigenvalue weighted by molar-refractivity contribution is 9.09. The third kappa shape index (κ3) is 3.08. The highest BCUT2D eigenvalue weighted by atomic mass is 79.9. The van der Waals surface area contributed by atoms with E-state index < -0.39 is 11.0 Å². The van der Waals surface area contributed by atoms with Crippen LogP contribution in [0.15, 0.2) is 54.1 Å². The Balaban J connectivity index is 2.47. The number of amides is 1. The summed E-state index contributed by atoms with van der Waals surface area (Å²) >= 11 is 8.78. The molecule has 0 radical (unpaired) electrons. The summed E-state index contributed by atoms with van der Waals surface area (Å²) in [7, 11) is 0. The number of nitrogens with zero attached hydrogens (tertiary/aromatic N) is 1. The lowest BCUT2D eigenvalue weighted by molar-refractivity contribution is 0.202. The van der Waals surface area contributed by atoms with Gasteiger partial charge in [-0.3, -0.25) is 4.90 Å². The lowest BCUT2D eigenvalue weighted by atomic mass is 10.1. The van der Waals surface area contributed by atoms with Gasteiger partial charge in [0.15, 0.2) is 0 Å². The first-order valence-electron chi connectivity index (χ1n) is 5.55. The molecule has 0 saturated carbocycles. The molecule has 0 heterocycles. The van der Waals surface area contributed by atoms with E-state index in [9.17, 15) is 9.90 Å². The summed E-state index contributed by atoms with van der Waals surface area (Å²) in [4.78, 5) is 12.1. The lowest BCUT2D eigenvalue weighted by Gasteiger charge is -2.23. The molecule has 1 unspecified atom stereocenters. The normalized spacial score (nSPS) is 12.7. The van der Waals surface area contributed by atoms with Crippen LogP contribution in [0.1, 0.15) is 0 Å². The molecule has 1 amide bonds. The van der Waals surface area contributed by atoms with Gasteiger partial charge in [0.25, 0.3) is 0 Å². The average Bonchev–Trinajstić information content (AvgIpc) is 2.38. The number of carboxylic acid groups (broad SMARTS) is 1. The van der Waals surface area contributed by atoms with E-state index in [0.717, 1.165) is 10.8 Å². The number of fused-ring (bicyclic) bond motifs is 1. The Labute approximate surface area is 124 Å². The van der Waals surface area contributed by atoms with Crippen molar-refractivity contribution in [1.29, 1.82) is 0 Å². The fourth-order valence-electron chi connectivity index (χ4n) is 1.83. The van der Waals surface area contributed by atoms with E-state index in [2.05, 4.69) is 15.9 Å². The summed E-state index contributed by atoms with van der Waals surface area (Å²) in [6, 6.07) is 13.3. The summed E-state index contributed by atoms with van der Waals surface area (Å²) in [5.74, 6) is 0. The van der Waals surface area contributed by atoms with Gasteiger partial charge in [0.1, 0.15) is 4.95 Å². The average molecular weight is 341 g/mol. The van der Waals surface area contributed by atoms with Gasteiger partial charge >= 0.3 is 6.09 Å². The minimum Gasteiger partial charge on any atom is -0.465 e. The first-order chi connectivity index (χ1) is 9.13. The van der Waals surface area contributed by atoms with Gasteiger partial charge in [0, 0.05) is 11.2 Å². The Morgan fingerprint density at radius 2 is 1.95 bits per heavy atom. The molecule has 98 valence electrons. The number of carbonyl (C=O) groups is 1. The van der Waals surface area contributed by atoms with Gasteiger partial charge in [-0.2, -0.15) is 0 Å². The number of halogens is 2. The number of benzene rings is 2. The summed E-state index contributed by atoms with van der Waals surface area (Å²) in [5, 5.41) is 11.4. The molecule has 1 atom stereocenters. The Kier molecular flexibility index (Phi) is 4.45. The summed E-state index contributed by atoms with van der Waals surface area (Å²) in [6.07, 6.45) is 0.497. The lowest BCUT2D eigenvalue weighted by Crippen LogP contribution is -2.34. The summed E-state index contributed by atoms with van der Waals surface area (Å²) < 4.78 is 0. The zero-order chi connectivity index (χ0) is 13.8. The zero-order valence-corrected chi connectivity index (χ0v) is 12.2. The predicted octanol–water partition coefficient (Wildman–Crippen LogP) is 4.80. The molecule has 2 aromatic rings. The minimum absolute atomic E-state index is 0.510. The molecule has 1 N–H and O–H groups in total. The van der Waals surface area contributed by atoms with Crippen LogP contribution in [0, 0.1) is 0 Å². The van der Waals surface area contributed by atoms with Crippen LogP contribution in [0.25, 0.3) is 10.8 Å². The van der Waals surface area contributed by atoms with E-state index in [0.29, 0.717) is 5.69 Å². The SMILES string of the molecule is O=C(O)N(c1ccc2ccccc2c1)C(Br)C=CCl. The summed E-state index contributed by atoms with van der Waals surface area (Å²) in [6.45, 7) is 0. The van der Waals surface area contributed by atoms with Crippen LogP contribution >= 0.6 is 27.5 Å². The van der Waals surface area contributed by atoms with Crippen molar-refractivity contribution < 1.29 is 9.90 Å². The molecule has 0 saturated heterocycles. The summed E-state index contributed by atoms with van der Waals surface area (Å²) in [5.41, 5.74) is 1.87. The Hall–Kier alpha value is -1.52. The smallest absolute Gasteiger partial charge is 0.413 e. The van der Waals surface area contributed by atoms with Gasteiger partial charge in [-0.05, 0) is 29.0 Å². The Morgan fingerprint density at radius 1 is 1.26 bits per heavy atom. The molecule has 5 heteroatoms. The van der Waals surface area contributed by atoms with Crippen LogP contribution in [0.3, 0.4) is 0 Å².